The maximum atomic E-state index is 11.3. The highest BCUT2D eigenvalue weighted by Gasteiger charge is 2.18. The Morgan fingerprint density at radius 2 is 2.06 bits per heavy atom. The van der Waals surface area contributed by atoms with Crippen molar-refractivity contribution in [3.63, 3.8) is 0 Å². The number of amides is 1. The molecule has 1 fully saturated rings. The van der Waals surface area contributed by atoms with Crippen LogP contribution < -0.4 is 10.6 Å². The molecule has 94 valence electrons. The number of carbonyl (C=O) groups excluding carboxylic acids is 1. The molecule has 1 aliphatic rings. The SMILES string of the molecule is CCNCC(=O)NCCN(C)C1CCCC1. The van der Waals surface area contributed by atoms with E-state index in [1.54, 1.807) is 0 Å². The van der Waals surface area contributed by atoms with Gasteiger partial charge < -0.3 is 15.5 Å². The van der Waals surface area contributed by atoms with E-state index in [4.69, 9.17) is 0 Å². The Morgan fingerprint density at radius 3 is 2.69 bits per heavy atom. The number of rotatable bonds is 7. The zero-order valence-electron chi connectivity index (χ0n) is 10.6. The molecule has 0 saturated heterocycles. The predicted octanol–water partition coefficient (Wildman–Crippen LogP) is 0.587. The molecule has 0 heterocycles. The lowest BCUT2D eigenvalue weighted by Gasteiger charge is -2.23. The summed E-state index contributed by atoms with van der Waals surface area (Å²) in [6, 6.07) is 0.741. The first-order chi connectivity index (χ1) is 7.74. The lowest BCUT2D eigenvalue weighted by molar-refractivity contribution is -0.120. The zero-order chi connectivity index (χ0) is 11.8. The van der Waals surface area contributed by atoms with E-state index in [0.29, 0.717) is 6.54 Å². The Bertz CT molecular complexity index is 202. The predicted molar refractivity (Wildman–Crippen MR) is 66.4 cm³/mol. The van der Waals surface area contributed by atoms with Gasteiger partial charge in [0, 0.05) is 19.1 Å². The molecule has 0 atom stereocenters. The van der Waals surface area contributed by atoms with Crippen molar-refractivity contribution in [2.45, 2.75) is 38.6 Å². The first-order valence-corrected chi connectivity index (χ1v) is 6.41. The number of nitrogens with one attached hydrogen (secondary N) is 2. The minimum atomic E-state index is 0.0988. The van der Waals surface area contributed by atoms with Gasteiger partial charge in [-0.3, -0.25) is 4.79 Å². The van der Waals surface area contributed by atoms with E-state index in [9.17, 15) is 4.79 Å². The van der Waals surface area contributed by atoms with E-state index in [1.165, 1.54) is 25.7 Å². The van der Waals surface area contributed by atoms with Crippen molar-refractivity contribution in [2.75, 3.05) is 33.2 Å². The summed E-state index contributed by atoms with van der Waals surface area (Å²) in [5, 5.41) is 5.94. The van der Waals surface area contributed by atoms with Gasteiger partial charge in [0.1, 0.15) is 0 Å². The quantitative estimate of drug-likeness (QED) is 0.669. The number of hydrogen-bond acceptors (Lipinski definition) is 3. The summed E-state index contributed by atoms with van der Waals surface area (Å²) in [7, 11) is 2.16. The van der Waals surface area contributed by atoms with E-state index < -0.39 is 0 Å². The monoisotopic (exact) mass is 227 g/mol. The molecular formula is C12H25N3O. The van der Waals surface area contributed by atoms with Crippen molar-refractivity contribution >= 4 is 5.91 Å². The Morgan fingerprint density at radius 1 is 1.38 bits per heavy atom. The topological polar surface area (TPSA) is 44.4 Å². The molecule has 0 bridgehead atoms. The van der Waals surface area contributed by atoms with Gasteiger partial charge in [-0.05, 0) is 26.4 Å². The average Bonchev–Trinajstić information content (AvgIpc) is 2.79. The second-order valence-corrected chi connectivity index (χ2v) is 4.55. The molecule has 0 spiro atoms. The number of likely N-dealkylation sites (N-methyl/N-ethyl adjacent to an activating group) is 2. The molecule has 1 saturated carbocycles. The molecule has 0 aromatic rings. The van der Waals surface area contributed by atoms with Crippen LogP contribution in [0, 0.1) is 0 Å². The lowest BCUT2D eigenvalue weighted by Crippen LogP contribution is -2.40. The third-order valence-electron chi connectivity index (χ3n) is 3.27. The standard InChI is InChI=1S/C12H25N3O/c1-3-13-10-12(16)14-8-9-15(2)11-6-4-5-7-11/h11,13H,3-10H2,1-2H3,(H,14,16). The highest BCUT2D eigenvalue weighted by atomic mass is 16.1. The molecule has 4 heteroatoms. The molecule has 1 amide bonds. The molecule has 0 aliphatic heterocycles. The van der Waals surface area contributed by atoms with Crippen LogP contribution in [-0.2, 0) is 4.79 Å². The summed E-state index contributed by atoms with van der Waals surface area (Å²) in [6.07, 6.45) is 5.37. The van der Waals surface area contributed by atoms with E-state index >= 15 is 0 Å². The summed E-state index contributed by atoms with van der Waals surface area (Å²) in [5.41, 5.74) is 0. The molecule has 0 radical (unpaired) electrons. The summed E-state index contributed by atoms with van der Waals surface area (Å²) >= 11 is 0. The van der Waals surface area contributed by atoms with Gasteiger partial charge >= 0.3 is 0 Å². The van der Waals surface area contributed by atoms with Crippen LogP contribution in [0.25, 0.3) is 0 Å². The summed E-state index contributed by atoms with van der Waals surface area (Å²) in [5.74, 6) is 0.0988. The maximum absolute atomic E-state index is 11.3. The van der Waals surface area contributed by atoms with Crippen LogP contribution in [0.15, 0.2) is 0 Å². The zero-order valence-corrected chi connectivity index (χ0v) is 10.6. The van der Waals surface area contributed by atoms with E-state index in [-0.39, 0.29) is 5.91 Å². The summed E-state index contributed by atoms with van der Waals surface area (Å²) in [4.78, 5) is 13.7. The van der Waals surface area contributed by atoms with Gasteiger partial charge in [0.05, 0.1) is 6.54 Å². The molecule has 2 N–H and O–H groups in total. The van der Waals surface area contributed by atoms with E-state index in [2.05, 4.69) is 22.6 Å². The van der Waals surface area contributed by atoms with Gasteiger partial charge in [0.25, 0.3) is 0 Å². The normalized spacial score (nSPS) is 16.9. The minimum Gasteiger partial charge on any atom is -0.354 e. The van der Waals surface area contributed by atoms with Crippen molar-refractivity contribution in [3.05, 3.63) is 0 Å². The fourth-order valence-electron chi connectivity index (χ4n) is 2.20. The third-order valence-corrected chi connectivity index (χ3v) is 3.27. The van der Waals surface area contributed by atoms with Crippen LogP contribution in [0.5, 0.6) is 0 Å². The Kier molecular flexibility index (Phi) is 6.42. The molecule has 4 nitrogen and oxygen atoms in total. The van der Waals surface area contributed by atoms with Gasteiger partial charge in [-0.15, -0.1) is 0 Å². The van der Waals surface area contributed by atoms with Crippen molar-refractivity contribution in [3.8, 4) is 0 Å². The second kappa shape index (κ2) is 7.63. The molecular weight excluding hydrogens is 202 g/mol. The Labute approximate surface area is 98.8 Å². The highest BCUT2D eigenvalue weighted by molar-refractivity contribution is 5.77. The number of hydrogen-bond donors (Lipinski definition) is 2. The van der Waals surface area contributed by atoms with Crippen molar-refractivity contribution in [2.24, 2.45) is 0 Å². The van der Waals surface area contributed by atoms with E-state index in [0.717, 1.165) is 25.7 Å². The van der Waals surface area contributed by atoms with E-state index in [1.807, 2.05) is 6.92 Å². The van der Waals surface area contributed by atoms with Crippen LogP contribution in [0.3, 0.4) is 0 Å². The van der Waals surface area contributed by atoms with Gasteiger partial charge in [-0.1, -0.05) is 19.8 Å². The van der Waals surface area contributed by atoms with Crippen LogP contribution in [0.4, 0.5) is 0 Å². The average molecular weight is 227 g/mol. The summed E-state index contributed by atoms with van der Waals surface area (Å²) < 4.78 is 0. The molecule has 16 heavy (non-hydrogen) atoms. The van der Waals surface area contributed by atoms with Crippen LogP contribution in [0.1, 0.15) is 32.6 Å². The van der Waals surface area contributed by atoms with Crippen LogP contribution in [0.2, 0.25) is 0 Å². The van der Waals surface area contributed by atoms with Crippen LogP contribution >= 0.6 is 0 Å². The highest BCUT2D eigenvalue weighted by Crippen LogP contribution is 2.21. The Balaban J connectivity index is 2.03. The third kappa shape index (κ3) is 4.94. The van der Waals surface area contributed by atoms with Crippen molar-refractivity contribution in [1.29, 1.82) is 0 Å². The Hall–Kier alpha value is -0.610. The fraction of sp³-hybridized carbons (Fsp3) is 0.917. The first-order valence-electron chi connectivity index (χ1n) is 6.41. The lowest BCUT2D eigenvalue weighted by atomic mass is 10.2. The number of carbonyl (C=O) groups is 1. The molecule has 0 unspecified atom stereocenters. The van der Waals surface area contributed by atoms with Gasteiger partial charge in [-0.25, -0.2) is 0 Å². The first kappa shape index (κ1) is 13.5. The molecule has 1 aliphatic carbocycles. The van der Waals surface area contributed by atoms with Crippen LogP contribution in [-0.4, -0.2) is 50.1 Å². The van der Waals surface area contributed by atoms with Gasteiger partial charge in [0.15, 0.2) is 0 Å². The fourth-order valence-corrected chi connectivity index (χ4v) is 2.20. The molecule has 1 rings (SSSR count). The minimum absolute atomic E-state index is 0.0988. The largest absolute Gasteiger partial charge is 0.354 e. The smallest absolute Gasteiger partial charge is 0.234 e. The van der Waals surface area contributed by atoms with Crippen molar-refractivity contribution in [1.82, 2.24) is 15.5 Å². The molecule has 0 aromatic carbocycles. The van der Waals surface area contributed by atoms with Gasteiger partial charge in [-0.2, -0.15) is 0 Å². The summed E-state index contributed by atoms with van der Waals surface area (Å²) in [6.45, 7) is 5.00. The van der Waals surface area contributed by atoms with Gasteiger partial charge in [0.2, 0.25) is 5.91 Å². The second-order valence-electron chi connectivity index (χ2n) is 4.55. The maximum Gasteiger partial charge on any atom is 0.234 e. The number of nitrogens with zero attached hydrogens (tertiary/aromatic N) is 1. The van der Waals surface area contributed by atoms with Crippen molar-refractivity contribution < 1.29 is 4.79 Å². The molecule has 0 aromatic heterocycles.